The molecular weight excluding hydrogens is 546 g/mol. The van der Waals surface area contributed by atoms with E-state index in [4.69, 9.17) is 11.5 Å². The molecule has 3 aromatic rings. The fraction of sp³-hybridized carbons (Fsp3) is 0.452. The number of likely N-dealkylation sites (tertiary alicyclic amines) is 1. The molecule has 1 aliphatic heterocycles. The summed E-state index contributed by atoms with van der Waals surface area (Å²) in [7, 11) is 0. The van der Waals surface area contributed by atoms with Gasteiger partial charge in [0.25, 0.3) is 0 Å². The molecule has 2 aromatic carbocycles. The number of H-pyrrole nitrogens is 1. The monoisotopic (exact) mass is 581 g/mol. The van der Waals surface area contributed by atoms with Gasteiger partial charge in [-0.25, -0.2) is 0 Å². The molecule has 2 aliphatic carbocycles. The van der Waals surface area contributed by atoms with Crippen LogP contribution in [0, 0.1) is 17.2 Å². The molecule has 2 fully saturated rings. The number of nitrogens with one attached hydrogen (secondary N) is 2. The third-order valence-corrected chi connectivity index (χ3v) is 9.57. The summed E-state index contributed by atoms with van der Waals surface area (Å²) in [5, 5.41) is 28.8. The first-order valence-electron chi connectivity index (χ1n) is 14.8. The Kier molecular flexibility index (Phi) is 7.66. The van der Waals surface area contributed by atoms with Crippen LogP contribution in [0.2, 0.25) is 0 Å². The average Bonchev–Trinajstić information content (AvgIpc) is 3.67. The molecule has 43 heavy (non-hydrogen) atoms. The van der Waals surface area contributed by atoms with E-state index in [0.717, 1.165) is 47.9 Å². The van der Waals surface area contributed by atoms with Gasteiger partial charge in [-0.1, -0.05) is 23.8 Å². The van der Waals surface area contributed by atoms with Gasteiger partial charge in [0, 0.05) is 23.7 Å². The van der Waals surface area contributed by atoms with Crippen molar-refractivity contribution < 1.29 is 14.4 Å². The Labute approximate surface area is 249 Å². The van der Waals surface area contributed by atoms with Gasteiger partial charge in [-0.15, -0.1) is 10.2 Å². The highest BCUT2D eigenvalue weighted by atomic mass is 16.2. The van der Waals surface area contributed by atoms with Gasteiger partial charge in [-0.3, -0.25) is 14.4 Å². The van der Waals surface area contributed by atoms with Gasteiger partial charge in [0.15, 0.2) is 5.82 Å². The Hall–Kier alpha value is -4.63. The van der Waals surface area contributed by atoms with Crippen molar-refractivity contribution in [1.82, 2.24) is 30.8 Å². The number of nitrogens with zero attached hydrogens (tertiary/aromatic N) is 5. The molecule has 3 aliphatic rings. The SMILES string of the molecule is N#C[C@@H]1CCCN1C(=O)CN[C@@H](CC1(c2nn[nH]n2)c2ccc(C(N)=O)cc2CCc2cc(C(N)=O)ccc21)C1CCC1. The smallest absolute Gasteiger partial charge is 0.248 e. The second-order valence-electron chi connectivity index (χ2n) is 11.9. The zero-order chi connectivity index (χ0) is 30.1. The van der Waals surface area contributed by atoms with Crippen molar-refractivity contribution in [2.24, 2.45) is 17.4 Å². The lowest BCUT2D eigenvalue weighted by atomic mass is 9.64. The predicted octanol–water partition coefficient (Wildman–Crippen LogP) is 1.49. The Morgan fingerprint density at radius 3 is 2.19 bits per heavy atom. The van der Waals surface area contributed by atoms with Crippen LogP contribution in [0.1, 0.15) is 87.3 Å². The molecule has 2 heterocycles. The third-order valence-electron chi connectivity index (χ3n) is 9.57. The van der Waals surface area contributed by atoms with Gasteiger partial charge in [0.1, 0.15) is 6.04 Å². The van der Waals surface area contributed by atoms with Crippen LogP contribution in [0.5, 0.6) is 0 Å². The number of hydrogen-bond donors (Lipinski definition) is 4. The first-order valence-corrected chi connectivity index (χ1v) is 14.8. The maximum atomic E-state index is 13.3. The van der Waals surface area contributed by atoms with Crippen molar-refractivity contribution >= 4 is 17.7 Å². The minimum atomic E-state index is -0.931. The molecule has 1 aromatic heterocycles. The number of aromatic amines is 1. The molecule has 0 spiro atoms. The van der Waals surface area contributed by atoms with Crippen LogP contribution >= 0.6 is 0 Å². The van der Waals surface area contributed by atoms with Crippen LogP contribution in [-0.4, -0.2) is 68.4 Å². The Bertz CT molecular complexity index is 1530. The number of tetrazole rings is 1. The molecule has 6 rings (SSSR count). The summed E-state index contributed by atoms with van der Waals surface area (Å²) < 4.78 is 0. The summed E-state index contributed by atoms with van der Waals surface area (Å²) in [6, 6.07) is 12.7. The van der Waals surface area contributed by atoms with Crippen LogP contribution in [0.15, 0.2) is 36.4 Å². The number of fused-ring (bicyclic) bond motifs is 2. The molecule has 2 atom stereocenters. The Balaban J connectivity index is 1.47. The van der Waals surface area contributed by atoms with E-state index in [1.807, 2.05) is 24.3 Å². The van der Waals surface area contributed by atoms with E-state index in [9.17, 15) is 19.6 Å². The highest BCUT2D eigenvalue weighted by molar-refractivity contribution is 5.94. The molecule has 0 bridgehead atoms. The van der Waals surface area contributed by atoms with Crippen molar-refractivity contribution in [2.75, 3.05) is 13.1 Å². The lowest BCUT2D eigenvalue weighted by molar-refractivity contribution is -0.130. The van der Waals surface area contributed by atoms with E-state index in [1.165, 1.54) is 0 Å². The predicted molar refractivity (Wildman–Crippen MR) is 155 cm³/mol. The van der Waals surface area contributed by atoms with Gasteiger partial charge in [-0.2, -0.15) is 10.5 Å². The van der Waals surface area contributed by atoms with E-state index in [-0.39, 0.29) is 24.5 Å². The number of hydrogen-bond acceptors (Lipinski definition) is 8. The summed E-state index contributed by atoms with van der Waals surface area (Å²) in [6.45, 7) is 0.702. The number of aryl methyl sites for hydroxylation is 2. The number of rotatable bonds is 9. The number of primary amides is 2. The normalized spacial score (nSPS) is 19.8. The highest BCUT2D eigenvalue weighted by Gasteiger charge is 2.48. The second kappa shape index (κ2) is 11.6. The number of amides is 3. The van der Waals surface area contributed by atoms with E-state index in [2.05, 4.69) is 32.0 Å². The molecule has 12 heteroatoms. The van der Waals surface area contributed by atoms with Crippen molar-refractivity contribution in [3.05, 3.63) is 75.6 Å². The van der Waals surface area contributed by atoms with E-state index in [0.29, 0.717) is 55.1 Å². The molecule has 0 radical (unpaired) electrons. The quantitative estimate of drug-likeness (QED) is 0.291. The molecule has 12 nitrogen and oxygen atoms in total. The molecule has 1 saturated carbocycles. The minimum absolute atomic E-state index is 0.0825. The Morgan fingerprint density at radius 1 is 1.02 bits per heavy atom. The first kappa shape index (κ1) is 28.5. The summed E-state index contributed by atoms with van der Waals surface area (Å²) >= 11 is 0. The lowest BCUT2D eigenvalue weighted by Gasteiger charge is -2.42. The van der Waals surface area contributed by atoms with Gasteiger partial charge in [0.05, 0.1) is 18.0 Å². The topological polar surface area (TPSA) is 197 Å². The number of carbonyl (C=O) groups is 3. The van der Waals surface area contributed by atoms with Gasteiger partial charge in [0.2, 0.25) is 17.7 Å². The van der Waals surface area contributed by atoms with Gasteiger partial charge in [-0.05, 0) is 97.4 Å². The molecule has 6 N–H and O–H groups in total. The summed E-state index contributed by atoms with van der Waals surface area (Å²) in [5.74, 6) is -0.350. The fourth-order valence-electron chi connectivity index (χ4n) is 7.15. The van der Waals surface area contributed by atoms with E-state index in [1.54, 1.807) is 17.0 Å². The summed E-state index contributed by atoms with van der Waals surface area (Å²) in [4.78, 5) is 39.3. The van der Waals surface area contributed by atoms with E-state index >= 15 is 0 Å². The summed E-state index contributed by atoms with van der Waals surface area (Å²) in [5.41, 5.74) is 14.9. The molecule has 3 amide bonds. The number of carbonyl (C=O) groups excluding carboxylic acids is 3. The average molecular weight is 582 g/mol. The third kappa shape index (κ3) is 5.14. The standard InChI is InChI=1S/C31H35N9O3/c32-16-23-5-2-12-40(23)27(41)17-35-26(18-3-1-4-18)15-31(30-36-38-39-37-30)24-10-8-21(28(33)42)13-19(24)6-7-20-14-22(29(34)43)9-11-25(20)31/h8-11,13-14,18,23,26,35H,1-7,12,15,17H2,(H2,33,42)(H2,34,43)(H,36,37,38,39)/t23-,26-/m0/s1. The first-order chi connectivity index (χ1) is 20.8. The highest BCUT2D eigenvalue weighted by Crippen LogP contribution is 2.48. The van der Waals surface area contributed by atoms with Crippen LogP contribution in [-0.2, 0) is 23.1 Å². The summed E-state index contributed by atoms with van der Waals surface area (Å²) in [6.07, 6.45) is 6.34. The van der Waals surface area contributed by atoms with Crippen molar-refractivity contribution in [3.63, 3.8) is 0 Å². The molecular formula is C31H35N9O3. The molecule has 1 saturated heterocycles. The van der Waals surface area contributed by atoms with Crippen LogP contribution in [0.4, 0.5) is 0 Å². The zero-order valence-electron chi connectivity index (χ0n) is 23.9. The van der Waals surface area contributed by atoms with Crippen molar-refractivity contribution in [1.29, 1.82) is 5.26 Å². The molecule has 222 valence electrons. The van der Waals surface area contributed by atoms with Gasteiger partial charge < -0.3 is 21.7 Å². The van der Waals surface area contributed by atoms with E-state index < -0.39 is 17.2 Å². The zero-order valence-corrected chi connectivity index (χ0v) is 23.9. The van der Waals surface area contributed by atoms with Crippen molar-refractivity contribution in [3.8, 4) is 6.07 Å². The largest absolute Gasteiger partial charge is 0.366 e. The fourth-order valence-corrected chi connectivity index (χ4v) is 7.15. The molecule has 0 unspecified atom stereocenters. The number of aromatic nitrogens is 4. The van der Waals surface area contributed by atoms with Gasteiger partial charge >= 0.3 is 0 Å². The van der Waals surface area contributed by atoms with Crippen LogP contribution < -0.4 is 16.8 Å². The lowest BCUT2D eigenvalue weighted by Crippen LogP contribution is -2.50. The number of benzene rings is 2. The maximum Gasteiger partial charge on any atom is 0.248 e. The van der Waals surface area contributed by atoms with Crippen LogP contribution in [0.3, 0.4) is 0 Å². The second-order valence-corrected chi connectivity index (χ2v) is 11.9. The minimum Gasteiger partial charge on any atom is -0.366 e. The van der Waals surface area contributed by atoms with Crippen molar-refractivity contribution in [2.45, 2.75) is 68.9 Å². The van der Waals surface area contributed by atoms with Crippen LogP contribution in [0.25, 0.3) is 0 Å². The number of nitrogens with two attached hydrogens (primary N) is 2. The number of nitriles is 1. The Morgan fingerprint density at radius 2 is 1.67 bits per heavy atom. The maximum absolute atomic E-state index is 13.3.